The Bertz CT molecular complexity index is 1340. The molecule has 0 radical (unpaired) electrons. The first kappa shape index (κ1) is 27.5. The van der Waals surface area contributed by atoms with Crippen LogP contribution in [0.3, 0.4) is 0 Å². The van der Waals surface area contributed by atoms with E-state index < -0.39 is 0 Å². The fourth-order valence-corrected chi connectivity index (χ4v) is 4.85. The van der Waals surface area contributed by atoms with Crippen molar-refractivity contribution in [3.05, 3.63) is 89.1 Å². The average Bonchev–Trinajstić information content (AvgIpc) is 3.30. The Morgan fingerprint density at radius 2 is 1.37 bits per heavy atom. The van der Waals surface area contributed by atoms with Crippen molar-refractivity contribution >= 4 is 5.69 Å². The highest BCUT2D eigenvalue weighted by Crippen LogP contribution is 2.42. The molecular formula is C34H43N3O. The lowest BCUT2D eigenvalue weighted by molar-refractivity contribution is 0.423. The molecule has 1 heterocycles. The van der Waals surface area contributed by atoms with Crippen molar-refractivity contribution in [2.24, 2.45) is 0 Å². The maximum atomic E-state index is 11.2. The van der Waals surface area contributed by atoms with Gasteiger partial charge < -0.3 is 15.0 Å². The molecule has 0 unspecified atom stereocenters. The van der Waals surface area contributed by atoms with E-state index in [1.807, 2.05) is 0 Å². The predicted molar refractivity (Wildman–Crippen MR) is 161 cm³/mol. The molecule has 3 aromatic carbocycles. The second kappa shape index (κ2) is 10.7. The minimum atomic E-state index is -0.202. The molecule has 0 spiro atoms. The average molecular weight is 510 g/mol. The van der Waals surface area contributed by atoms with Crippen LogP contribution in [0.5, 0.6) is 5.75 Å². The fourth-order valence-electron chi connectivity index (χ4n) is 4.85. The molecule has 4 heteroatoms. The van der Waals surface area contributed by atoms with Crippen LogP contribution in [0.1, 0.15) is 70.9 Å². The van der Waals surface area contributed by atoms with Crippen LogP contribution in [0.4, 0.5) is 5.69 Å². The monoisotopic (exact) mass is 509 g/mol. The van der Waals surface area contributed by atoms with Gasteiger partial charge in [-0.05, 0) is 60.4 Å². The summed E-state index contributed by atoms with van der Waals surface area (Å²) in [6.45, 7) is 16.0. The van der Waals surface area contributed by atoms with Crippen LogP contribution in [0.15, 0.2) is 66.7 Å². The molecule has 4 nitrogen and oxygen atoms in total. The number of aromatic hydroxyl groups is 1. The highest BCUT2D eigenvalue weighted by atomic mass is 16.3. The maximum Gasteiger partial charge on any atom is 0.138 e. The predicted octanol–water partition coefficient (Wildman–Crippen LogP) is 8.29. The number of phenols is 1. The number of hydrogen-bond donors (Lipinski definition) is 2. The van der Waals surface area contributed by atoms with Crippen LogP contribution >= 0.6 is 0 Å². The van der Waals surface area contributed by atoms with Crippen molar-refractivity contribution < 1.29 is 5.11 Å². The van der Waals surface area contributed by atoms with E-state index in [2.05, 4.69) is 132 Å². The van der Waals surface area contributed by atoms with E-state index in [9.17, 15) is 5.11 Å². The van der Waals surface area contributed by atoms with Gasteiger partial charge in [0.15, 0.2) is 0 Å². The molecule has 0 aliphatic rings. The Balaban J connectivity index is 1.83. The molecule has 0 aliphatic carbocycles. The molecule has 4 aromatic rings. The molecule has 0 aliphatic heterocycles. The third-order valence-corrected chi connectivity index (χ3v) is 7.34. The second-order valence-corrected chi connectivity index (χ2v) is 12.4. The molecule has 38 heavy (non-hydrogen) atoms. The molecule has 0 fully saturated rings. The summed E-state index contributed by atoms with van der Waals surface area (Å²) in [4.78, 5) is 11.1. The zero-order valence-electron chi connectivity index (χ0n) is 24.3. The van der Waals surface area contributed by atoms with Crippen molar-refractivity contribution in [2.75, 3.05) is 18.5 Å². The summed E-state index contributed by atoms with van der Waals surface area (Å²) < 4.78 is 0. The van der Waals surface area contributed by atoms with E-state index in [0.717, 1.165) is 58.9 Å². The number of benzene rings is 3. The maximum absolute atomic E-state index is 11.2. The minimum Gasteiger partial charge on any atom is -0.507 e. The number of aromatic amines is 1. The third kappa shape index (κ3) is 5.96. The molecule has 0 atom stereocenters. The molecule has 200 valence electrons. The number of hydrogen-bond acceptors (Lipinski definition) is 3. The van der Waals surface area contributed by atoms with E-state index in [0.29, 0.717) is 5.75 Å². The van der Waals surface area contributed by atoms with Gasteiger partial charge in [-0.15, -0.1) is 0 Å². The SMILES string of the molecule is CCN(C)c1ccc(-c2nc(-c3cc(C(C)(C)C)c(O)c(C(C)(C)C)c3)[nH]c2CCc2ccccc2)cc1. The van der Waals surface area contributed by atoms with Crippen LogP contribution in [-0.4, -0.2) is 28.7 Å². The molecule has 0 amide bonds. The van der Waals surface area contributed by atoms with E-state index in [1.54, 1.807) is 0 Å². The van der Waals surface area contributed by atoms with E-state index in [-0.39, 0.29) is 10.8 Å². The van der Waals surface area contributed by atoms with Gasteiger partial charge in [0.1, 0.15) is 11.6 Å². The first-order chi connectivity index (χ1) is 17.9. The van der Waals surface area contributed by atoms with Crippen molar-refractivity contribution in [3.8, 4) is 28.4 Å². The van der Waals surface area contributed by atoms with E-state index >= 15 is 0 Å². The van der Waals surface area contributed by atoms with Gasteiger partial charge in [-0.1, -0.05) is 84.0 Å². The molecule has 0 saturated heterocycles. The number of anilines is 1. The van der Waals surface area contributed by atoms with Crippen LogP contribution in [0.25, 0.3) is 22.6 Å². The largest absolute Gasteiger partial charge is 0.507 e. The van der Waals surface area contributed by atoms with Gasteiger partial charge in [-0.3, -0.25) is 0 Å². The molecular weight excluding hydrogens is 466 g/mol. The summed E-state index contributed by atoms with van der Waals surface area (Å²) in [5.41, 5.74) is 8.21. The summed E-state index contributed by atoms with van der Waals surface area (Å²) in [5, 5.41) is 11.2. The number of aryl methyl sites for hydroxylation is 2. The van der Waals surface area contributed by atoms with Crippen LogP contribution < -0.4 is 4.90 Å². The second-order valence-electron chi connectivity index (χ2n) is 12.4. The summed E-state index contributed by atoms with van der Waals surface area (Å²) >= 11 is 0. The standard InChI is InChI=1S/C34H43N3O/c1-9-37(8)26-18-16-24(17-19-26)30-29(20-15-23-13-11-10-12-14-23)35-32(36-30)25-21-27(33(2,3)4)31(38)28(22-25)34(5,6)7/h10-14,16-19,21-22,38H,9,15,20H2,1-8H3,(H,35,36). The number of nitrogens with zero attached hydrogens (tertiary/aromatic N) is 2. The van der Waals surface area contributed by atoms with Gasteiger partial charge >= 0.3 is 0 Å². The zero-order valence-corrected chi connectivity index (χ0v) is 24.3. The van der Waals surface area contributed by atoms with Gasteiger partial charge in [0.25, 0.3) is 0 Å². The molecule has 2 N–H and O–H groups in total. The lowest BCUT2D eigenvalue weighted by atomic mass is 9.78. The fraction of sp³-hybridized carbons (Fsp3) is 0.382. The minimum absolute atomic E-state index is 0.202. The van der Waals surface area contributed by atoms with Gasteiger partial charge in [-0.2, -0.15) is 0 Å². The Hall–Kier alpha value is -3.53. The number of imidazole rings is 1. The lowest BCUT2D eigenvalue weighted by Crippen LogP contribution is -2.17. The van der Waals surface area contributed by atoms with Crippen LogP contribution in [-0.2, 0) is 23.7 Å². The smallest absolute Gasteiger partial charge is 0.138 e. The Kier molecular flexibility index (Phi) is 7.73. The Labute approximate surface area is 228 Å². The summed E-state index contributed by atoms with van der Waals surface area (Å²) in [6, 6.07) is 23.5. The molecule has 1 aromatic heterocycles. The zero-order chi connectivity index (χ0) is 27.7. The van der Waals surface area contributed by atoms with Crippen molar-refractivity contribution in [1.29, 1.82) is 0 Å². The Morgan fingerprint density at radius 1 is 0.789 bits per heavy atom. The number of rotatable bonds is 7. The first-order valence-electron chi connectivity index (χ1n) is 13.7. The number of H-pyrrole nitrogens is 1. The number of phenolic OH excluding ortho intramolecular Hbond substituents is 1. The highest BCUT2D eigenvalue weighted by molar-refractivity contribution is 5.71. The topological polar surface area (TPSA) is 52.1 Å². The molecule has 0 saturated carbocycles. The molecule has 4 rings (SSSR count). The summed E-state index contributed by atoms with van der Waals surface area (Å²) in [5.74, 6) is 1.23. The van der Waals surface area contributed by atoms with Crippen molar-refractivity contribution in [3.63, 3.8) is 0 Å². The van der Waals surface area contributed by atoms with Crippen molar-refractivity contribution in [1.82, 2.24) is 9.97 Å². The number of nitrogens with one attached hydrogen (secondary N) is 1. The summed E-state index contributed by atoms with van der Waals surface area (Å²) in [6.07, 6.45) is 1.79. The Morgan fingerprint density at radius 3 is 1.89 bits per heavy atom. The van der Waals surface area contributed by atoms with Gasteiger partial charge in [0.2, 0.25) is 0 Å². The van der Waals surface area contributed by atoms with E-state index in [4.69, 9.17) is 4.98 Å². The van der Waals surface area contributed by atoms with Crippen LogP contribution in [0.2, 0.25) is 0 Å². The van der Waals surface area contributed by atoms with Gasteiger partial charge in [0.05, 0.1) is 5.69 Å². The summed E-state index contributed by atoms with van der Waals surface area (Å²) in [7, 11) is 2.11. The number of aromatic nitrogens is 2. The van der Waals surface area contributed by atoms with E-state index in [1.165, 1.54) is 11.3 Å². The molecule has 0 bridgehead atoms. The van der Waals surface area contributed by atoms with Crippen LogP contribution in [0, 0.1) is 0 Å². The third-order valence-electron chi connectivity index (χ3n) is 7.34. The highest BCUT2D eigenvalue weighted by Gasteiger charge is 2.27. The van der Waals surface area contributed by atoms with Crippen molar-refractivity contribution in [2.45, 2.75) is 72.1 Å². The first-order valence-corrected chi connectivity index (χ1v) is 13.7. The van der Waals surface area contributed by atoms with Gasteiger partial charge in [-0.25, -0.2) is 4.98 Å². The normalized spacial score (nSPS) is 12.1. The quantitative estimate of drug-likeness (QED) is 0.263. The van der Waals surface area contributed by atoms with Gasteiger partial charge in [0, 0.05) is 47.2 Å². The lowest BCUT2D eigenvalue weighted by Gasteiger charge is -2.28.